The molecule has 1 fully saturated rings. The highest BCUT2D eigenvalue weighted by molar-refractivity contribution is 6.30. The third-order valence-corrected chi connectivity index (χ3v) is 3.80. The highest BCUT2D eigenvalue weighted by Gasteiger charge is 2.35. The van der Waals surface area contributed by atoms with E-state index in [0.717, 1.165) is 12.2 Å². The van der Waals surface area contributed by atoms with Crippen LogP contribution in [0.2, 0.25) is 5.02 Å². The van der Waals surface area contributed by atoms with Gasteiger partial charge >= 0.3 is 0 Å². The molecule has 0 bridgehead atoms. The standard InChI is InChI=1S/C16H17ClN2O2/c1-16(2)7-10-20-14(16)15(19-9-8-18-11-19)21-13-5-3-12(17)4-6-13/h3-6,8-9,11H,7,10H2,1-2H3. The van der Waals surface area contributed by atoms with Crippen LogP contribution >= 0.6 is 11.6 Å². The molecule has 0 atom stereocenters. The van der Waals surface area contributed by atoms with Crippen LogP contribution in [0.4, 0.5) is 0 Å². The van der Waals surface area contributed by atoms with Gasteiger partial charge in [-0.15, -0.1) is 0 Å². The number of imidazole rings is 1. The summed E-state index contributed by atoms with van der Waals surface area (Å²) < 4.78 is 13.7. The van der Waals surface area contributed by atoms with Crippen LogP contribution in [-0.4, -0.2) is 16.2 Å². The Morgan fingerprint density at radius 2 is 2.10 bits per heavy atom. The largest absolute Gasteiger partial charge is 0.492 e. The first-order chi connectivity index (χ1) is 10.1. The SMILES string of the molecule is CC1(C)CCOC1=C(Oc1ccc(Cl)cc1)n1ccnc1. The van der Waals surface area contributed by atoms with Crippen LogP contribution in [-0.2, 0) is 4.74 Å². The van der Waals surface area contributed by atoms with Gasteiger partial charge in [0.25, 0.3) is 0 Å². The highest BCUT2D eigenvalue weighted by atomic mass is 35.5. The molecule has 2 heterocycles. The molecule has 0 radical (unpaired) electrons. The summed E-state index contributed by atoms with van der Waals surface area (Å²) in [5.41, 5.74) is -0.0635. The van der Waals surface area contributed by atoms with Crippen molar-refractivity contribution in [1.29, 1.82) is 0 Å². The number of rotatable bonds is 3. The lowest BCUT2D eigenvalue weighted by Crippen LogP contribution is -2.15. The van der Waals surface area contributed by atoms with Crippen LogP contribution in [0.15, 0.2) is 48.7 Å². The number of aromatic nitrogens is 2. The first-order valence-corrected chi connectivity index (χ1v) is 7.23. The Morgan fingerprint density at radius 1 is 1.33 bits per heavy atom. The van der Waals surface area contributed by atoms with E-state index < -0.39 is 0 Å². The molecule has 0 saturated carbocycles. The van der Waals surface area contributed by atoms with Gasteiger partial charge in [-0.2, -0.15) is 0 Å². The summed E-state index contributed by atoms with van der Waals surface area (Å²) in [6.45, 7) is 5.00. The van der Waals surface area contributed by atoms with Crippen LogP contribution in [0.5, 0.6) is 5.75 Å². The third kappa shape index (κ3) is 2.90. The van der Waals surface area contributed by atoms with Crippen molar-refractivity contribution >= 4 is 17.5 Å². The molecule has 0 aliphatic carbocycles. The van der Waals surface area contributed by atoms with Crippen LogP contribution in [0, 0.1) is 5.41 Å². The Balaban J connectivity index is 2.02. The quantitative estimate of drug-likeness (QED) is 0.798. The predicted molar refractivity (Wildman–Crippen MR) is 81.9 cm³/mol. The lowest BCUT2D eigenvalue weighted by Gasteiger charge is -2.21. The maximum atomic E-state index is 6.05. The lowest BCUT2D eigenvalue weighted by atomic mass is 9.89. The Bertz CT molecular complexity index is 645. The molecule has 1 aromatic heterocycles. The molecule has 5 heteroatoms. The smallest absolute Gasteiger partial charge is 0.244 e. The van der Waals surface area contributed by atoms with Gasteiger partial charge in [-0.1, -0.05) is 25.4 Å². The second kappa shape index (κ2) is 5.45. The molecular formula is C16H17ClN2O2. The molecule has 2 aromatic rings. The van der Waals surface area contributed by atoms with Crippen molar-refractivity contribution < 1.29 is 9.47 Å². The molecule has 0 N–H and O–H groups in total. The molecule has 0 amide bonds. The molecule has 1 aromatic carbocycles. The zero-order valence-corrected chi connectivity index (χ0v) is 12.8. The van der Waals surface area contributed by atoms with Crippen molar-refractivity contribution in [3.8, 4) is 5.75 Å². The second-order valence-electron chi connectivity index (χ2n) is 5.64. The lowest BCUT2D eigenvalue weighted by molar-refractivity contribution is 0.237. The van der Waals surface area contributed by atoms with E-state index in [1.807, 2.05) is 22.9 Å². The van der Waals surface area contributed by atoms with Gasteiger partial charge < -0.3 is 9.47 Å². The molecule has 110 valence electrons. The highest BCUT2D eigenvalue weighted by Crippen LogP contribution is 2.40. The van der Waals surface area contributed by atoms with Crippen molar-refractivity contribution in [2.75, 3.05) is 6.61 Å². The van der Waals surface area contributed by atoms with Crippen LogP contribution in [0.25, 0.3) is 5.88 Å². The molecule has 0 spiro atoms. The Kier molecular flexibility index (Phi) is 3.64. The number of allylic oxidation sites excluding steroid dienone is 1. The van der Waals surface area contributed by atoms with Crippen molar-refractivity contribution in [3.63, 3.8) is 0 Å². The summed E-state index contributed by atoms with van der Waals surface area (Å²) in [5.74, 6) is 2.20. The van der Waals surface area contributed by atoms with E-state index in [-0.39, 0.29) is 5.41 Å². The summed E-state index contributed by atoms with van der Waals surface area (Å²) in [4.78, 5) is 4.09. The molecule has 3 rings (SSSR count). The summed E-state index contributed by atoms with van der Waals surface area (Å²) >= 11 is 5.91. The predicted octanol–water partition coefficient (Wildman–Crippen LogP) is 4.19. The molecule has 21 heavy (non-hydrogen) atoms. The normalized spacial score (nSPS) is 19.2. The molecular weight excluding hydrogens is 288 g/mol. The number of nitrogens with zero attached hydrogens (tertiary/aromatic N) is 2. The number of hydrogen-bond acceptors (Lipinski definition) is 3. The summed E-state index contributed by atoms with van der Waals surface area (Å²) in [7, 11) is 0. The van der Waals surface area contributed by atoms with Crippen molar-refractivity contribution in [1.82, 2.24) is 9.55 Å². The minimum absolute atomic E-state index is 0.0635. The van der Waals surface area contributed by atoms with Gasteiger partial charge in [0.05, 0.1) is 6.61 Å². The molecule has 4 nitrogen and oxygen atoms in total. The van der Waals surface area contributed by atoms with Gasteiger partial charge in [-0.05, 0) is 30.7 Å². The summed E-state index contributed by atoms with van der Waals surface area (Å²) in [6.07, 6.45) is 6.23. The Morgan fingerprint density at radius 3 is 2.67 bits per heavy atom. The fourth-order valence-corrected chi connectivity index (χ4v) is 2.40. The van der Waals surface area contributed by atoms with Crippen molar-refractivity contribution in [2.24, 2.45) is 5.41 Å². The van der Waals surface area contributed by atoms with Gasteiger partial charge in [0.1, 0.15) is 12.1 Å². The number of ether oxygens (including phenoxy) is 2. The van der Waals surface area contributed by atoms with Gasteiger partial charge in [-0.25, -0.2) is 4.98 Å². The molecule has 1 saturated heterocycles. The topological polar surface area (TPSA) is 36.3 Å². The molecule has 0 unspecified atom stereocenters. The Hall–Kier alpha value is -1.94. The van der Waals surface area contributed by atoms with Gasteiger partial charge in [0.15, 0.2) is 5.76 Å². The van der Waals surface area contributed by atoms with Crippen molar-refractivity contribution in [2.45, 2.75) is 20.3 Å². The second-order valence-corrected chi connectivity index (χ2v) is 6.08. The maximum absolute atomic E-state index is 6.05. The van der Waals surface area contributed by atoms with Gasteiger partial charge in [-0.3, -0.25) is 4.57 Å². The minimum Gasteiger partial charge on any atom is -0.492 e. The zero-order chi connectivity index (χ0) is 14.9. The van der Waals surface area contributed by atoms with Crippen LogP contribution in [0.3, 0.4) is 0 Å². The van der Waals surface area contributed by atoms with Crippen LogP contribution < -0.4 is 4.74 Å². The van der Waals surface area contributed by atoms with E-state index in [9.17, 15) is 0 Å². The van der Waals surface area contributed by atoms with E-state index >= 15 is 0 Å². The summed E-state index contributed by atoms with van der Waals surface area (Å²) in [6, 6.07) is 7.27. The number of hydrogen-bond donors (Lipinski definition) is 0. The monoisotopic (exact) mass is 304 g/mol. The first kappa shape index (κ1) is 14.0. The minimum atomic E-state index is -0.0635. The van der Waals surface area contributed by atoms with Crippen molar-refractivity contribution in [3.05, 3.63) is 53.8 Å². The maximum Gasteiger partial charge on any atom is 0.244 e. The van der Waals surface area contributed by atoms with Gasteiger partial charge in [0, 0.05) is 22.8 Å². The average Bonchev–Trinajstić information content (AvgIpc) is 3.08. The number of benzene rings is 1. The summed E-state index contributed by atoms with van der Waals surface area (Å²) in [5, 5.41) is 0.677. The van der Waals surface area contributed by atoms with Gasteiger partial charge in [0.2, 0.25) is 5.88 Å². The van der Waals surface area contributed by atoms with Crippen LogP contribution in [0.1, 0.15) is 20.3 Å². The van der Waals surface area contributed by atoms with E-state index in [2.05, 4.69) is 18.8 Å². The average molecular weight is 305 g/mol. The van der Waals surface area contributed by atoms with E-state index in [1.54, 1.807) is 24.7 Å². The fraction of sp³-hybridized carbons (Fsp3) is 0.312. The third-order valence-electron chi connectivity index (χ3n) is 3.55. The van der Waals surface area contributed by atoms with E-state index in [1.165, 1.54) is 0 Å². The molecule has 1 aliphatic rings. The van der Waals surface area contributed by atoms with E-state index in [0.29, 0.717) is 23.3 Å². The first-order valence-electron chi connectivity index (χ1n) is 6.85. The molecule has 1 aliphatic heterocycles. The zero-order valence-electron chi connectivity index (χ0n) is 12.0. The fourth-order valence-electron chi connectivity index (χ4n) is 2.28. The van der Waals surface area contributed by atoms with E-state index in [4.69, 9.17) is 21.1 Å². The Labute approximate surface area is 129 Å². The number of halogens is 1.